The maximum absolute atomic E-state index is 12.6. The molecule has 0 radical (unpaired) electrons. The maximum Gasteiger partial charge on any atom is 0.236 e. The molecular weight excluding hydrogens is 442 g/mol. The number of carbonyl (C=O) groups is 1. The largest absolute Gasteiger partial charge is 0.356 e. The first kappa shape index (κ1) is 22.6. The molecule has 2 heterocycles. The van der Waals surface area contributed by atoms with E-state index in [1.807, 2.05) is 48.5 Å². The van der Waals surface area contributed by atoms with E-state index in [9.17, 15) is 13.2 Å². The van der Waals surface area contributed by atoms with Gasteiger partial charge < -0.3 is 5.32 Å². The third-order valence-electron chi connectivity index (χ3n) is 5.62. The smallest absolute Gasteiger partial charge is 0.236 e. The number of piperidine rings is 1. The van der Waals surface area contributed by atoms with Gasteiger partial charge in [0.2, 0.25) is 15.9 Å². The SMILES string of the molecule is O=C(NCCCc1nc2ccccc2s1)C1CCN(S(=O)(=O)/C=C/c2ccccc2)CC1. The lowest BCUT2D eigenvalue weighted by atomic mass is 9.97. The van der Waals surface area contributed by atoms with Crippen LogP contribution in [0.2, 0.25) is 0 Å². The van der Waals surface area contributed by atoms with Gasteiger partial charge in [0.25, 0.3) is 0 Å². The Morgan fingerprint density at radius 1 is 1.09 bits per heavy atom. The number of aromatic nitrogens is 1. The van der Waals surface area contributed by atoms with E-state index in [0.717, 1.165) is 28.9 Å². The summed E-state index contributed by atoms with van der Waals surface area (Å²) in [5, 5.41) is 5.35. The molecule has 1 aromatic heterocycles. The molecule has 2 aromatic carbocycles. The van der Waals surface area contributed by atoms with Crippen LogP contribution in [0.15, 0.2) is 60.0 Å². The number of nitrogens with zero attached hydrogens (tertiary/aromatic N) is 2. The van der Waals surface area contributed by atoms with Crippen LogP contribution in [0.5, 0.6) is 0 Å². The van der Waals surface area contributed by atoms with Crippen molar-refractivity contribution in [3.05, 3.63) is 70.6 Å². The fraction of sp³-hybridized carbons (Fsp3) is 0.333. The summed E-state index contributed by atoms with van der Waals surface area (Å²) in [5.74, 6) is -0.117. The Morgan fingerprint density at radius 2 is 1.81 bits per heavy atom. The van der Waals surface area contributed by atoms with Crippen LogP contribution in [0, 0.1) is 5.92 Å². The monoisotopic (exact) mass is 469 g/mol. The van der Waals surface area contributed by atoms with Gasteiger partial charge in [-0.25, -0.2) is 13.4 Å². The number of nitrogens with one attached hydrogen (secondary N) is 1. The summed E-state index contributed by atoms with van der Waals surface area (Å²) in [4.78, 5) is 17.1. The van der Waals surface area contributed by atoms with Crippen LogP contribution >= 0.6 is 11.3 Å². The molecular formula is C24H27N3O3S2. The summed E-state index contributed by atoms with van der Waals surface area (Å²) in [7, 11) is -3.48. The first-order chi connectivity index (χ1) is 15.5. The van der Waals surface area contributed by atoms with Gasteiger partial charge >= 0.3 is 0 Å². The molecule has 0 unspecified atom stereocenters. The standard InChI is InChI=1S/C24H27N3O3S2/c28-24(25-15-6-11-23-26-21-9-4-5-10-22(21)31-23)20-12-16-27(17-13-20)32(29,30)18-14-19-7-2-1-3-8-19/h1-5,7-10,14,18,20H,6,11-13,15-17H2,(H,25,28)/b18-14+. The summed E-state index contributed by atoms with van der Waals surface area (Å²) >= 11 is 1.70. The molecule has 6 nitrogen and oxygen atoms in total. The number of hydrogen-bond acceptors (Lipinski definition) is 5. The van der Waals surface area contributed by atoms with Gasteiger partial charge in [0, 0.05) is 37.4 Å². The molecule has 168 valence electrons. The van der Waals surface area contributed by atoms with E-state index in [1.165, 1.54) is 14.4 Å². The van der Waals surface area contributed by atoms with Gasteiger partial charge in [-0.05, 0) is 43.0 Å². The zero-order valence-corrected chi connectivity index (χ0v) is 19.4. The molecule has 1 aliphatic heterocycles. The maximum atomic E-state index is 12.6. The molecule has 8 heteroatoms. The molecule has 0 spiro atoms. The number of hydrogen-bond donors (Lipinski definition) is 1. The average Bonchev–Trinajstić information content (AvgIpc) is 3.24. The van der Waals surface area contributed by atoms with Gasteiger partial charge in [-0.15, -0.1) is 11.3 Å². The van der Waals surface area contributed by atoms with E-state index >= 15 is 0 Å². The van der Waals surface area contributed by atoms with Gasteiger partial charge in [0.15, 0.2) is 0 Å². The van der Waals surface area contributed by atoms with Crippen LogP contribution < -0.4 is 5.32 Å². The van der Waals surface area contributed by atoms with Crippen molar-refractivity contribution in [3.8, 4) is 0 Å². The molecule has 1 aliphatic rings. The minimum atomic E-state index is -3.48. The normalized spacial score (nSPS) is 16.0. The molecule has 4 rings (SSSR count). The summed E-state index contributed by atoms with van der Waals surface area (Å²) in [6.45, 7) is 1.34. The zero-order chi connectivity index (χ0) is 22.4. The number of sulfonamides is 1. The highest BCUT2D eigenvalue weighted by Gasteiger charge is 2.29. The van der Waals surface area contributed by atoms with E-state index in [2.05, 4.69) is 16.4 Å². The Balaban J connectivity index is 1.19. The van der Waals surface area contributed by atoms with Crippen molar-refractivity contribution in [2.24, 2.45) is 5.92 Å². The fourth-order valence-corrected chi connectivity index (χ4v) is 6.04. The molecule has 0 atom stereocenters. The van der Waals surface area contributed by atoms with Crippen molar-refractivity contribution in [1.29, 1.82) is 0 Å². The number of aryl methyl sites for hydroxylation is 1. The minimum absolute atomic E-state index is 0.0196. The number of para-hydroxylation sites is 1. The Morgan fingerprint density at radius 3 is 2.56 bits per heavy atom. The van der Waals surface area contributed by atoms with Crippen LogP contribution in [0.25, 0.3) is 16.3 Å². The number of amides is 1. The van der Waals surface area contributed by atoms with Crippen molar-refractivity contribution in [2.45, 2.75) is 25.7 Å². The van der Waals surface area contributed by atoms with Crippen LogP contribution in [0.1, 0.15) is 29.8 Å². The highest BCUT2D eigenvalue weighted by molar-refractivity contribution is 7.92. The minimum Gasteiger partial charge on any atom is -0.356 e. The highest BCUT2D eigenvalue weighted by Crippen LogP contribution is 2.23. The number of thiazole rings is 1. The van der Waals surface area contributed by atoms with E-state index in [4.69, 9.17) is 0 Å². The zero-order valence-electron chi connectivity index (χ0n) is 17.8. The molecule has 1 fully saturated rings. The quantitative estimate of drug-likeness (QED) is 0.505. The molecule has 0 aliphatic carbocycles. The topological polar surface area (TPSA) is 79.4 Å². The Labute approximate surface area is 193 Å². The molecule has 0 bridgehead atoms. The Hall–Kier alpha value is -2.55. The predicted molar refractivity (Wildman–Crippen MR) is 130 cm³/mol. The second kappa shape index (κ2) is 10.4. The fourth-order valence-electron chi connectivity index (χ4n) is 3.81. The number of fused-ring (bicyclic) bond motifs is 1. The first-order valence-electron chi connectivity index (χ1n) is 10.9. The summed E-state index contributed by atoms with van der Waals surface area (Å²) in [6.07, 6.45) is 4.37. The van der Waals surface area contributed by atoms with Crippen LogP contribution in [-0.4, -0.2) is 43.2 Å². The molecule has 32 heavy (non-hydrogen) atoms. The second-order valence-electron chi connectivity index (χ2n) is 7.90. The van der Waals surface area contributed by atoms with Gasteiger partial charge in [0.1, 0.15) is 0 Å². The van der Waals surface area contributed by atoms with Crippen molar-refractivity contribution in [2.75, 3.05) is 19.6 Å². The number of rotatable bonds is 8. The first-order valence-corrected chi connectivity index (χ1v) is 13.2. The molecule has 1 amide bonds. The van der Waals surface area contributed by atoms with Crippen molar-refractivity contribution < 1.29 is 13.2 Å². The lowest BCUT2D eigenvalue weighted by molar-refractivity contribution is -0.126. The summed E-state index contributed by atoms with van der Waals surface area (Å²) in [6, 6.07) is 17.4. The van der Waals surface area contributed by atoms with Crippen LogP contribution in [-0.2, 0) is 21.2 Å². The van der Waals surface area contributed by atoms with Crippen LogP contribution in [0.4, 0.5) is 0 Å². The van der Waals surface area contributed by atoms with Crippen molar-refractivity contribution in [3.63, 3.8) is 0 Å². The lowest BCUT2D eigenvalue weighted by Gasteiger charge is -2.29. The molecule has 3 aromatic rings. The van der Waals surface area contributed by atoms with Crippen molar-refractivity contribution in [1.82, 2.24) is 14.6 Å². The van der Waals surface area contributed by atoms with E-state index in [1.54, 1.807) is 17.4 Å². The third kappa shape index (κ3) is 5.82. The van der Waals surface area contributed by atoms with E-state index in [-0.39, 0.29) is 11.8 Å². The predicted octanol–water partition coefficient (Wildman–Crippen LogP) is 4.06. The van der Waals surface area contributed by atoms with Gasteiger partial charge in [-0.2, -0.15) is 4.31 Å². The van der Waals surface area contributed by atoms with E-state index in [0.29, 0.717) is 32.5 Å². The summed E-state index contributed by atoms with van der Waals surface area (Å²) < 4.78 is 27.8. The van der Waals surface area contributed by atoms with E-state index < -0.39 is 10.0 Å². The highest BCUT2D eigenvalue weighted by atomic mass is 32.2. The molecule has 1 saturated heterocycles. The Bertz CT molecular complexity index is 1150. The lowest BCUT2D eigenvalue weighted by Crippen LogP contribution is -2.42. The summed E-state index contributed by atoms with van der Waals surface area (Å²) in [5.41, 5.74) is 1.87. The van der Waals surface area contributed by atoms with Gasteiger partial charge in [-0.1, -0.05) is 42.5 Å². The molecule has 0 saturated carbocycles. The van der Waals surface area contributed by atoms with Gasteiger partial charge in [0.05, 0.1) is 15.2 Å². The number of benzene rings is 2. The molecule has 1 N–H and O–H groups in total. The third-order valence-corrected chi connectivity index (χ3v) is 8.28. The number of carbonyl (C=O) groups excluding carboxylic acids is 1. The van der Waals surface area contributed by atoms with Crippen molar-refractivity contribution >= 4 is 43.6 Å². The van der Waals surface area contributed by atoms with Gasteiger partial charge in [-0.3, -0.25) is 4.79 Å². The van der Waals surface area contributed by atoms with Crippen LogP contribution in [0.3, 0.4) is 0 Å². The average molecular weight is 470 g/mol. The Kier molecular flexibility index (Phi) is 7.34. The second-order valence-corrected chi connectivity index (χ2v) is 10.8.